The van der Waals surface area contributed by atoms with E-state index >= 15 is 0 Å². The summed E-state index contributed by atoms with van der Waals surface area (Å²) in [5, 5.41) is 0.711. The molecule has 0 aliphatic heterocycles. The van der Waals surface area contributed by atoms with Gasteiger partial charge in [0.15, 0.2) is 10.8 Å². The van der Waals surface area contributed by atoms with Gasteiger partial charge in [-0.25, -0.2) is 9.19 Å². The fourth-order valence-corrected chi connectivity index (χ4v) is 3.27. The monoisotopic (exact) mass is 348 g/mol. The van der Waals surface area contributed by atoms with Crippen molar-refractivity contribution in [3.8, 4) is 11.4 Å². The highest BCUT2D eigenvalue weighted by Gasteiger charge is 2.25. The Kier molecular flexibility index (Phi) is 4.42. The van der Waals surface area contributed by atoms with Crippen LogP contribution in [0.25, 0.3) is 11.4 Å². The number of aromatic nitrogens is 3. The molecule has 0 amide bonds. The number of pyridine rings is 1. The molecule has 1 fully saturated rings. The maximum absolute atomic E-state index is 12.1. The van der Waals surface area contributed by atoms with Crippen molar-refractivity contribution in [2.75, 3.05) is 0 Å². The van der Waals surface area contributed by atoms with E-state index in [-0.39, 0.29) is 4.75 Å². The zero-order valence-electron chi connectivity index (χ0n) is 13.7. The standard InChI is InChI=1S/C16H20N4OS2/c1-10(20-23(21)16(2,3)4)15-18-14(19-22-15)12-7-8-17-13(9-12)11-5-6-11/h7-9,11H,5-6H2,1-4H3/t23-/m0/s1. The molecule has 1 saturated carbocycles. The van der Waals surface area contributed by atoms with Crippen molar-refractivity contribution < 1.29 is 4.21 Å². The second-order valence-electron chi connectivity index (χ2n) is 6.71. The van der Waals surface area contributed by atoms with Gasteiger partial charge in [-0.05, 0) is 64.2 Å². The predicted molar refractivity (Wildman–Crippen MR) is 95.2 cm³/mol. The fraction of sp³-hybridized carbons (Fsp3) is 0.500. The van der Waals surface area contributed by atoms with Crippen LogP contribution in [0.5, 0.6) is 0 Å². The zero-order chi connectivity index (χ0) is 16.6. The molecule has 0 aromatic carbocycles. The topological polar surface area (TPSA) is 68.1 Å². The Morgan fingerprint density at radius 2 is 2.13 bits per heavy atom. The van der Waals surface area contributed by atoms with Gasteiger partial charge in [0, 0.05) is 23.4 Å². The number of hydrogen-bond acceptors (Lipinski definition) is 5. The van der Waals surface area contributed by atoms with Crippen molar-refractivity contribution in [2.45, 2.75) is 51.2 Å². The van der Waals surface area contributed by atoms with Crippen molar-refractivity contribution in [2.24, 2.45) is 4.40 Å². The highest BCUT2D eigenvalue weighted by molar-refractivity contribution is 7.85. The molecule has 0 unspecified atom stereocenters. The molecule has 3 rings (SSSR count). The molecule has 5 nitrogen and oxygen atoms in total. The van der Waals surface area contributed by atoms with Gasteiger partial charge in [-0.3, -0.25) is 4.98 Å². The molecule has 23 heavy (non-hydrogen) atoms. The van der Waals surface area contributed by atoms with Crippen LogP contribution in [0.3, 0.4) is 0 Å². The van der Waals surface area contributed by atoms with Crippen LogP contribution in [-0.4, -0.2) is 29.0 Å². The summed E-state index contributed by atoms with van der Waals surface area (Å²) < 4.78 is 20.4. The lowest BCUT2D eigenvalue weighted by Crippen LogP contribution is -2.20. The van der Waals surface area contributed by atoms with Crippen LogP contribution in [0.1, 0.15) is 57.2 Å². The van der Waals surface area contributed by atoms with E-state index in [1.807, 2.05) is 40.0 Å². The van der Waals surface area contributed by atoms with E-state index in [2.05, 4.69) is 24.8 Å². The van der Waals surface area contributed by atoms with Gasteiger partial charge in [0.2, 0.25) is 0 Å². The maximum atomic E-state index is 12.1. The number of rotatable bonds is 4. The van der Waals surface area contributed by atoms with E-state index in [0.717, 1.165) is 11.3 Å². The van der Waals surface area contributed by atoms with Gasteiger partial charge in [-0.15, -0.1) is 0 Å². The Labute approximate surface area is 143 Å². The molecule has 2 aromatic rings. The lowest BCUT2D eigenvalue weighted by molar-refractivity contribution is 0.650. The summed E-state index contributed by atoms with van der Waals surface area (Å²) in [4.78, 5) is 8.97. The fourth-order valence-electron chi connectivity index (χ4n) is 1.98. The van der Waals surface area contributed by atoms with Crippen LogP contribution in [-0.2, 0) is 11.0 Å². The molecule has 0 spiro atoms. The van der Waals surface area contributed by atoms with Gasteiger partial charge >= 0.3 is 0 Å². The minimum atomic E-state index is -1.29. The summed E-state index contributed by atoms with van der Waals surface area (Å²) in [6.45, 7) is 7.54. The Bertz CT molecular complexity index is 772. The summed E-state index contributed by atoms with van der Waals surface area (Å²) in [5.74, 6) is 1.29. The first kappa shape index (κ1) is 16.4. The zero-order valence-corrected chi connectivity index (χ0v) is 15.4. The van der Waals surface area contributed by atoms with Crippen LogP contribution in [0.4, 0.5) is 0 Å². The van der Waals surface area contributed by atoms with E-state index in [1.54, 1.807) is 0 Å². The highest BCUT2D eigenvalue weighted by Crippen LogP contribution is 2.39. The summed E-state index contributed by atoms with van der Waals surface area (Å²) in [5.41, 5.74) is 2.77. The van der Waals surface area contributed by atoms with E-state index in [1.165, 1.54) is 24.4 Å². The Balaban J connectivity index is 1.84. The van der Waals surface area contributed by atoms with Gasteiger partial charge in [-0.1, -0.05) is 0 Å². The largest absolute Gasteiger partial charge is 0.261 e. The van der Waals surface area contributed by atoms with Gasteiger partial charge in [0.25, 0.3) is 0 Å². The van der Waals surface area contributed by atoms with Crippen LogP contribution in [0.15, 0.2) is 22.7 Å². The minimum absolute atomic E-state index is 0.376. The quantitative estimate of drug-likeness (QED) is 0.789. The molecule has 0 saturated heterocycles. The first-order valence-corrected chi connectivity index (χ1v) is 9.50. The maximum Gasteiger partial charge on any atom is 0.173 e. The molecule has 1 aliphatic carbocycles. The summed E-state index contributed by atoms with van der Waals surface area (Å²) in [6.07, 6.45) is 4.26. The van der Waals surface area contributed by atoms with Crippen LogP contribution >= 0.6 is 11.5 Å². The lowest BCUT2D eigenvalue weighted by atomic mass is 10.2. The summed E-state index contributed by atoms with van der Waals surface area (Å²) in [7, 11) is -1.29. The average molecular weight is 348 g/mol. The summed E-state index contributed by atoms with van der Waals surface area (Å²) >= 11 is 1.29. The van der Waals surface area contributed by atoms with E-state index < -0.39 is 11.0 Å². The summed E-state index contributed by atoms with van der Waals surface area (Å²) in [6, 6.07) is 4.00. The van der Waals surface area contributed by atoms with Crippen LogP contribution in [0.2, 0.25) is 0 Å². The SMILES string of the molecule is CC(=N[S@@](=O)C(C)(C)C)c1nc(-c2ccnc(C3CC3)c2)ns1. The van der Waals surface area contributed by atoms with Gasteiger partial charge in [0.05, 0.1) is 10.5 Å². The van der Waals surface area contributed by atoms with Crippen molar-refractivity contribution in [3.05, 3.63) is 29.0 Å². The van der Waals surface area contributed by atoms with Crippen molar-refractivity contribution >= 4 is 28.2 Å². The average Bonchev–Trinajstić information content (AvgIpc) is 3.23. The normalized spacial score (nSPS) is 17.3. The highest BCUT2D eigenvalue weighted by atomic mass is 32.2. The molecule has 0 radical (unpaired) electrons. The first-order chi connectivity index (χ1) is 10.8. The molecular weight excluding hydrogens is 328 g/mol. The first-order valence-electron chi connectivity index (χ1n) is 7.62. The van der Waals surface area contributed by atoms with E-state index in [9.17, 15) is 4.21 Å². The molecular formula is C16H20N4OS2. The predicted octanol–water partition coefficient (Wildman–Crippen LogP) is 3.75. The van der Waals surface area contributed by atoms with E-state index in [0.29, 0.717) is 22.5 Å². The van der Waals surface area contributed by atoms with E-state index in [4.69, 9.17) is 0 Å². The van der Waals surface area contributed by atoms with Gasteiger partial charge < -0.3 is 0 Å². The third kappa shape index (κ3) is 3.90. The van der Waals surface area contributed by atoms with Crippen LogP contribution in [0, 0.1) is 0 Å². The third-order valence-electron chi connectivity index (χ3n) is 3.51. The molecule has 122 valence electrons. The lowest BCUT2D eigenvalue weighted by Gasteiger charge is -2.13. The molecule has 1 atom stereocenters. The number of nitrogens with zero attached hydrogens (tertiary/aromatic N) is 4. The molecule has 2 aromatic heterocycles. The second-order valence-corrected chi connectivity index (χ2v) is 9.36. The molecule has 0 bridgehead atoms. The van der Waals surface area contributed by atoms with Gasteiger partial charge in [0.1, 0.15) is 11.0 Å². The van der Waals surface area contributed by atoms with Gasteiger partial charge in [-0.2, -0.15) is 8.77 Å². The Morgan fingerprint density at radius 3 is 2.78 bits per heavy atom. The van der Waals surface area contributed by atoms with Crippen LogP contribution < -0.4 is 0 Å². The molecule has 2 heterocycles. The van der Waals surface area contributed by atoms with Crippen molar-refractivity contribution in [1.29, 1.82) is 0 Å². The third-order valence-corrected chi connectivity index (χ3v) is 5.83. The minimum Gasteiger partial charge on any atom is -0.261 e. The molecule has 7 heteroatoms. The van der Waals surface area contributed by atoms with Crippen molar-refractivity contribution in [1.82, 2.24) is 14.3 Å². The molecule has 0 N–H and O–H groups in total. The van der Waals surface area contributed by atoms with Crippen molar-refractivity contribution in [3.63, 3.8) is 0 Å². The number of hydrogen-bond donors (Lipinski definition) is 0. The second kappa shape index (κ2) is 6.20. The Morgan fingerprint density at radius 1 is 1.39 bits per heavy atom. The smallest absolute Gasteiger partial charge is 0.173 e. The Hall–Kier alpha value is -1.47. The molecule has 1 aliphatic rings.